The Hall–Kier alpha value is -0.930. The van der Waals surface area contributed by atoms with Gasteiger partial charge < -0.3 is 0 Å². The summed E-state index contributed by atoms with van der Waals surface area (Å²) in [6, 6.07) is 7.70. The van der Waals surface area contributed by atoms with Gasteiger partial charge in [-0.3, -0.25) is 4.79 Å². The number of hydrogen-bond acceptors (Lipinski definition) is 2. The van der Waals surface area contributed by atoms with Crippen LogP contribution in [0, 0.1) is 0 Å². The molecule has 0 fully saturated rings. The number of allylic oxidation sites excluding steroid dienone is 2. The fourth-order valence-electron chi connectivity index (χ4n) is 1.45. The minimum Gasteiger partial charge on any atom is -0.295 e. The van der Waals surface area contributed by atoms with E-state index < -0.39 is 0 Å². The van der Waals surface area contributed by atoms with Crippen LogP contribution >= 0.6 is 21.6 Å². The number of carbonyl (C=O) groups is 1. The summed E-state index contributed by atoms with van der Waals surface area (Å²) in [7, 11) is -0.363. The number of Topliss-reactive ketones (excluding diaryl/α,β-unsaturated/α-hetero) is 1. The lowest BCUT2D eigenvalue weighted by molar-refractivity contribution is 0.101. The van der Waals surface area contributed by atoms with E-state index >= 15 is 0 Å². The summed E-state index contributed by atoms with van der Waals surface area (Å²) in [5.74, 6) is 0.106. The molecular weight excluding hydrogens is 224 g/mol. The van der Waals surface area contributed by atoms with Crippen molar-refractivity contribution in [2.45, 2.75) is 6.92 Å². The highest BCUT2D eigenvalue weighted by Crippen LogP contribution is 2.42. The molecule has 3 heteroatoms. The number of rotatable bonds is 2. The fraction of sp³-hybridized carbons (Fsp3) is 0.0833. The van der Waals surface area contributed by atoms with Crippen LogP contribution in [0.15, 0.2) is 41.2 Å². The Kier molecular flexibility index (Phi) is 3.03. The molecule has 1 heterocycles. The van der Waals surface area contributed by atoms with Crippen LogP contribution in [0.1, 0.15) is 22.8 Å². The Morgan fingerprint density at radius 3 is 2.40 bits per heavy atom. The zero-order chi connectivity index (χ0) is 10.8. The molecule has 1 aliphatic heterocycles. The van der Waals surface area contributed by atoms with Crippen molar-refractivity contribution in [1.82, 2.24) is 0 Å². The van der Waals surface area contributed by atoms with E-state index in [-0.39, 0.29) is 15.7 Å². The summed E-state index contributed by atoms with van der Waals surface area (Å²) >= 11 is 4.40. The van der Waals surface area contributed by atoms with E-state index in [1.165, 1.54) is 5.57 Å². The standard InChI is InChI=1S/C12H12OS2/c1-9(13)10-2-4-11(5-3-10)12-6-7-15(14)8-12/h2-8,14-15H,1H3. The predicted octanol–water partition coefficient (Wildman–Crippen LogP) is 3.60. The Bertz CT molecular complexity index is 443. The van der Waals surface area contributed by atoms with Gasteiger partial charge in [0.05, 0.1) is 0 Å². The molecule has 78 valence electrons. The third-order valence-corrected chi connectivity index (χ3v) is 4.05. The molecule has 1 atom stereocenters. The molecule has 0 saturated heterocycles. The molecule has 0 aromatic heterocycles. The summed E-state index contributed by atoms with van der Waals surface area (Å²) in [6.45, 7) is 1.58. The topological polar surface area (TPSA) is 17.1 Å². The third kappa shape index (κ3) is 2.36. The average molecular weight is 236 g/mol. The number of ketones is 1. The van der Waals surface area contributed by atoms with Gasteiger partial charge in [0.2, 0.25) is 0 Å². The quantitative estimate of drug-likeness (QED) is 0.456. The summed E-state index contributed by atoms with van der Waals surface area (Å²) in [5, 5.41) is 4.26. The van der Waals surface area contributed by atoms with E-state index in [2.05, 4.69) is 28.6 Å². The van der Waals surface area contributed by atoms with Gasteiger partial charge in [0.1, 0.15) is 0 Å². The first kappa shape index (κ1) is 10.6. The first-order valence-corrected chi connectivity index (χ1v) is 7.29. The molecule has 1 nitrogen and oxygen atoms in total. The Morgan fingerprint density at radius 2 is 1.93 bits per heavy atom. The maximum Gasteiger partial charge on any atom is 0.159 e. The molecule has 1 aromatic rings. The van der Waals surface area contributed by atoms with Crippen molar-refractivity contribution in [3.63, 3.8) is 0 Å². The monoisotopic (exact) mass is 236 g/mol. The minimum absolute atomic E-state index is 0.106. The van der Waals surface area contributed by atoms with E-state index in [9.17, 15) is 4.79 Å². The van der Waals surface area contributed by atoms with Gasteiger partial charge in [0.15, 0.2) is 5.78 Å². The maximum atomic E-state index is 11.1. The second kappa shape index (κ2) is 4.29. The van der Waals surface area contributed by atoms with Gasteiger partial charge in [-0.15, -0.1) is 11.7 Å². The van der Waals surface area contributed by atoms with Crippen LogP contribution in [0.4, 0.5) is 0 Å². The molecule has 1 aromatic carbocycles. The zero-order valence-corrected chi connectivity index (χ0v) is 10.1. The molecule has 0 N–H and O–H groups in total. The molecule has 0 radical (unpaired) electrons. The van der Waals surface area contributed by atoms with Crippen molar-refractivity contribution in [3.8, 4) is 0 Å². The molecule has 0 saturated carbocycles. The van der Waals surface area contributed by atoms with Gasteiger partial charge in [-0.05, 0) is 35.0 Å². The second-order valence-electron chi connectivity index (χ2n) is 3.41. The van der Waals surface area contributed by atoms with Gasteiger partial charge in [-0.25, -0.2) is 0 Å². The fourth-order valence-corrected chi connectivity index (χ4v) is 2.95. The molecule has 1 unspecified atom stereocenters. The number of carbonyl (C=O) groups excluding carboxylic acids is 1. The van der Waals surface area contributed by atoms with Gasteiger partial charge in [-0.2, -0.15) is 9.93 Å². The van der Waals surface area contributed by atoms with Crippen molar-refractivity contribution in [2.24, 2.45) is 0 Å². The van der Waals surface area contributed by atoms with E-state index in [0.29, 0.717) is 0 Å². The van der Waals surface area contributed by atoms with Gasteiger partial charge in [0.25, 0.3) is 0 Å². The van der Waals surface area contributed by atoms with Crippen LogP contribution in [-0.4, -0.2) is 5.78 Å². The lowest BCUT2D eigenvalue weighted by Gasteiger charge is -2.01. The lowest BCUT2D eigenvalue weighted by Crippen LogP contribution is -1.91. The van der Waals surface area contributed by atoms with Crippen LogP contribution in [0.5, 0.6) is 0 Å². The molecular formula is C12H12OS2. The SMILES string of the molecule is CC(=O)c1ccc(C2=C[SH](S)C=C2)cc1. The number of benzene rings is 1. The predicted molar refractivity (Wildman–Crippen MR) is 71.5 cm³/mol. The highest BCUT2D eigenvalue weighted by atomic mass is 33.1. The summed E-state index contributed by atoms with van der Waals surface area (Å²) in [4.78, 5) is 11.1. The van der Waals surface area contributed by atoms with E-state index in [1.807, 2.05) is 24.3 Å². The van der Waals surface area contributed by atoms with E-state index in [0.717, 1.165) is 11.1 Å². The zero-order valence-electron chi connectivity index (χ0n) is 8.34. The molecule has 0 aliphatic carbocycles. The summed E-state index contributed by atoms with van der Waals surface area (Å²) in [6.07, 6.45) is 2.08. The van der Waals surface area contributed by atoms with Crippen molar-refractivity contribution >= 4 is 32.9 Å². The first-order valence-electron chi connectivity index (χ1n) is 4.65. The molecule has 1 aliphatic rings. The highest BCUT2D eigenvalue weighted by molar-refractivity contribution is 8.80. The van der Waals surface area contributed by atoms with Crippen molar-refractivity contribution in [2.75, 3.05) is 0 Å². The largest absolute Gasteiger partial charge is 0.295 e. The van der Waals surface area contributed by atoms with Gasteiger partial charge >= 0.3 is 0 Å². The Morgan fingerprint density at radius 1 is 1.27 bits per heavy atom. The van der Waals surface area contributed by atoms with Crippen LogP contribution in [0.25, 0.3) is 5.57 Å². The number of hydrogen-bond donors (Lipinski definition) is 2. The average Bonchev–Trinajstić information content (AvgIpc) is 2.65. The first-order chi connectivity index (χ1) is 7.16. The molecule has 2 rings (SSSR count). The van der Waals surface area contributed by atoms with Crippen molar-refractivity contribution in [3.05, 3.63) is 52.3 Å². The minimum atomic E-state index is -0.363. The van der Waals surface area contributed by atoms with Crippen molar-refractivity contribution in [1.29, 1.82) is 0 Å². The van der Waals surface area contributed by atoms with Gasteiger partial charge in [0, 0.05) is 5.56 Å². The molecule has 0 bridgehead atoms. The van der Waals surface area contributed by atoms with E-state index in [4.69, 9.17) is 0 Å². The van der Waals surface area contributed by atoms with Crippen LogP contribution in [-0.2, 0) is 0 Å². The van der Waals surface area contributed by atoms with Crippen molar-refractivity contribution < 1.29 is 4.79 Å². The maximum absolute atomic E-state index is 11.1. The molecule has 15 heavy (non-hydrogen) atoms. The van der Waals surface area contributed by atoms with Crippen LogP contribution in [0.3, 0.4) is 0 Å². The second-order valence-corrected chi connectivity index (χ2v) is 6.12. The smallest absolute Gasteiger partial charge is 0.159 e. The highest BCUT2D eigenvalue weighted by Gasteiger charge is 2.05. The lowest BCUT2D eigenvalue weighted by atomic mass is 10.0. The Balaban J connectivity index is 2.28. The normalized spacial score (nSPS) is 21.5. The van der Waals surface area contributed by atoms with E-state index in [1.54, 1.807) is 6.92 Å². The summed E-state index contributed by atoms with van der Waals surface area (Å²) in [5.41, 5.74) is 3.11. The molecule has 0 amide bonds. The van der Waals surface area contributed by atoms with Crippen LogP contribution < -0.4 is 0 Å². The number of thiol groups is 2. The van der Waals surface area contributed by atoms with Gasteiger partial charge in [-0.1, -0.05) is 24.3 Å². The van der Waals surface area contributed by atoms with Crippen LogP contribution in [0.2, 0.25) is 0 Å². The molecule has 0 spiro atoms. The Labute approximate surface area is 97.0 Å². The summed E-state index contributed by atoms with van der Waals surface area (Å²) < 4.78 is 0. The third-order valence-electron chi connectivity index (χ3n) is 2.30.